The molecule has 0 atom stereocenters. The minimum Gasteiger partial charge on any atom is -0.305 e. The van der Waals surface area contributed by atoms with Crippen molar-refractivity contribution in [2.75, 3.05) is 0 Å². The van der Waals surface area contributed by atoms with Crippen LogP contribution in [0, 0.1) is 0 Å². The van der Waals surface area contributed by atoms with Crippen LogP contribution in [0.3, 0.4) is 0 Å². The van der Waals surface area contributed by atoms with Crippen molar-refractivity contribution in [1.29, 1.82) is 0 Å². The summed E-state index contributed by atoms with van der Waals surface area (Å²) in [6.45, 7) is 17.2. The minimum absolute atomic E-state index is 0.143. The molecule has 0 rings (SSSR count). The fourth-order valence-electron chi connectivity index (χ4n) is 1.46. The highest BCUT2D eigenvalue weighted by molar-refractivity contribution is 7.06. The second kappa shape index (κ2) is 6.51. The maximum Gasteiger partial charge on any atom is 0.132 e. The standard InChI is InChI=1S/C16H30OSi/c1-13(2)10-9-11-14(3)12-15(17)18(7,8)16(4,5)6/h10-11H,9,12H2,1-8H3/b14-11+. The Morgan fingerprint density at radius 3 is 1.94 bits per heavy atom. The van der Waals surface area contributed by atoms with Gasteiger partial charge in [-0.3, -0.25) is 0 Å². The summed E-state index contributed by atoms with van der Waals surface area (Å²) in [6.07, 6.45) is 5.95. The van der Waals surface area contributed by atoms with E-state index in [1.165, 1.54) is 11.1 Å². The van der Waals surface area contributed by atoms with Crippen molar-refractivity contribution in [1.82, 2.24) is 0 Å². The van der Waals surface area contributed by atoms with Crippen LogP contribution >= 0.6 is 0 Å². The molecule has 0 aliphatic heterocycles. The van der Waals surface area contributed by atoms with Gasteiger partial charge in [0.05, 0.1) is 0 Å². The molecule has 1 nitrogen and oxygen atoms in total. The maximum absolute atomic E-state index is 12.4. The van der Waals surface area contributed by atoms with Crippen LogP contribution in [0.25, 0.3) is 0 Å². The molecule has 0 unspecified atom stereocenters. The summed E-state index contributed by atoms with van der Waals surface area (Å²) >= 11 is 0. The number of carbonyl (C=O) groups excluding carboxylic acids is 1. The molecule has 0 aromatic heterocycles. The molecule has 0 amide bonds. The van der Waals surface area contributed by atoms with E-state index >= 15 is 0 Å². The van der Waals surface area contributed by atoms with Gasteiger partial charge in [-0.1, -0.05) is 57.2 Å². The lowest BCUT2D eigenvalue weighted by Crippen LogP contribution is -2.46. The van der Waals surface area contributed by atoms with Crippen molar-refractivity contribution >= 4 is 13.5 Å². The molecular formula is C16H30OSi. The Bertz CT molecular complexity index is 350. The Labute approximate surface area is 114 Å². The van der Waals surface area contributed by atoms with Crippen LogP contribution in [-0.2, 0) is 4.79 Å². The van der Waals surface area contributed by atoms with E-state index in [0.717, 1.165) is 6.42 Å². The highest BCUT2D eigenvalue weighted by atomic mass is 28.3. The second-order valence-electron chi connectivity index (χ2n) is 7.04. The largest absolute Gasteiger partial charge is 0.305 e. The van der Waals surface area contributed by atoms with Gasteiger partial charge in [-0.15, -0.1) is 0 Å². The molecule has 0 aliphatic carbocycles. The van der Waals surface area contributed by atoms with Gasteiger partial charge < -0.3 is 4.79 Å². The number of allylic oxidation sites excluding steroid dienone is 4. The number of hydrogen-bond donors (Lipinski definition) is 0. The highest BCUT2D eigenvalue weighted by Crippen LogP contribution is 2.37. The topological polar surface area (TPSA) is 17.1 Å². The van der Waals surface area contributed by atoms with Crippen molar-refractivity contribution in [2.24, 2.45) is 0 Å². The summed E-state index contributed by atoms with van der Waals surface area (Å²) in [5.74, 6) is 0. The third-order valence-electron chi connectivity index (χ3n) is 4.00. The Morgan fingerprint density at radius 1 is 1.06 bits per heavy atom. The lowest BCUT2D eigenvalue weighted by Gasteiger charge is -2.35. The number of hydrogen-bond acceptors (Lipinski definition) is 1. The van der Waals surface area contributed by atoms with Gasteiger partial charge >= 0.3 is 0 Å². The number of rotatable bonds is 5. The van der Waals surface area contributed by atoms with E-state index in [4.69, 9.17) is 0 Å². The van der Waals surface area contributed by atoms with Gasteiger partial charge in [0, 0.05) is 6.42 Å². The molecular weight excluding hydrogens is 236 g/mol. The van der Waals surface area contributed by atoms with Crippen LogP contribution in [0.2, 0.25) is 18.1 Å². The lowest BCUT2D eigenvalue weighted by molar-refractivity contribution is -0.112. The average Bonchev–Trinajstić information content (AvgIpc) is 2.14. The molecule has 104 valence electrons. The van der Waals surface area contributed by atoms with Gasteiger partial charge in [0.25, 0.3) is 0 Å². The van der Waals surface area contributed by atoms with E-state index < -0.39 is 8.07 Å². The first-order valence-electron chi connectivity index (χ1n) is 6.81. The Hall–Kier alpha value is -0.633. The molecule has 0 spiro atoms. The van der Waals surface area contributed by atoms with E-state index in [1.807, 2.05) is 0 Å². The molecule has 0 aliphatic rings. The van der Waals surface area contributed by atoms with Gasteiger partial charge in [0.1, 0.15) is 13.5 Å². The monoisotopic (exact) mass is 266 g/mol. The average molecular weight is 267 g/mol. The first-order valence-corrected chi connectivity index (χ1v) is 9.81. The molecule has 2 heteroatoms. The summed E-state index contributed by atoms with van der Waals surface area (Å²) < 4.78 is 0. The smallest absolute Gasteiger partial charge is 0.132 e. The molecule has 0 heterocycles. The molecule has 0 aromatic rings. The van der Waals surface area contributed by atoms with Crippen LogP contribution in [0.1, 0.15) is 54.4 Å². The SMILES string of the molecule is CC(C)=CC/C=C(\C)CC(=O)[Si](C)(C)C(C)(C)C. The van der Waals surface area contributed by atoms with E-state index in [2.05, 4.69) is 66.8 Å². The van der Waals surface area contributed by atoms with Crippen molar-refractivity contribution in [3.63, 3.8) is 0 Å². The lowest BCUT2D eigenvalue weighted by atomic mass is 10.1. The molecule has 0 aromatic carbocycles. The summed E-state index contributed by atoms with van der Waals surface area (Å²) in [4.78, 5) is 12.4. The second-order valence-corrected chi connectivity index (χ2v) is 12.4. The Kier molecular flexibility index (Phi) is 6.28. The third kappa shape index (κ3) is 5.34. The molecule has 18 heavy (non-hydrogen) atoms. The highest BCUT2D eigenvalue weighted by Gasteiger charge is 2.41. The summed E-state index contributed by atoms with van der Waals surface area (Å²) in [5, 5.41) is 0.616. The Morgan fingerprint density at radius 2 is 1.56 bits per heavy atom. The number of carbonyl (C=O) groups is 1. The van der Waals surface area contributed by atoms with Crippen LogP contribution in [-0.4, -0.2) is 13.5 Å². The van der Waals surface area contributed by atoms with Crippen molar-refractivity contribution in [2.45, 2.75) is 72.5 Å². The summed E-state index contributed by atoms with van der Waals surface area (Å²) in [5.41, 5.74) is 2.54. The normalized spacial score (nSPS) is 13.4. The van der Waals surface area contributed by atoms with Gasteiger partial charge in [-0.25, -0.2) is 0 Å². The third-order valence-corrected chi connectivity index (χ3v) is 9.32. The van der Waals surface area contributed by atoms with E-state index in [-0.39, 0.29) is 5.04 Å². The zero-order valence-electron chi connectivity index (χ0n) is 13.5. The van der Waals surface area contributed by atoms with Crippen LogP contribution in [0.5, 0.6) is 0 Å². The molecule has 0 radical (unpaired) electrons. The van der Waals surface area contributed by atoms with Crippen LogP contribution < -0.4 is 0 Å². The first kappa shape index (κ1) is 17.4. The van der Waals surface area contributed by atoms with E-state index in [0.29, 0.717) is 11.8 Å². The van der Waals surface area contributed by atoms with Crippen molar-refractivity contribution in [3.05, 3.63) is 23.3 Å². The maximum atomic E-state index is 12.4. The van der Waals surface area contributed by atoms with Gasteiger partial charge in [-0.2, -0.15) is 0 Å². The predicted octanol–water partition coefficient (Wildman–Crippen LogP) is 5.30. The molecule has 0 fully saturated rings. The first-order chi connectivity index (χ1) is 7.98. The predicted molar refractivity (Wildman–Crippen MR) is 84.6 cm³/mol. The van der Waals surface area contributed by atoms with Crippen LogP contribution in [0.15, 0.2) is 23.3 Å². The van der Waals surface area contributed by atoms with Crippen LogP contribution in [0.4, 0.5) is 0 Å². The fraction of sp³-hybridized carbons (Fsp3) is 0.688. The van der Waals surface area contributed by atoms with Gasteiger partial charge in [0.15, 0.2) is 0 Å². The summed E-state index contributed by atoms with van der Waals surface area (Å²) in [6, 6.07) is 0. The minimum atomic E-state index is -1.83. The van der Waals surface area contributed by atoms with Gasteiger partial charge in [0.2, 0.25) is 0 Å². The molecule has 0 saturated carbocycles. The Balaban J connectivity index is 4.63. The zero-order valence-corrected chi connectivity index (χ0v) is 14.5. The molecule has 0 saturated heterocycles. The quantitative estimate of drug-likeness (QED) is 0.488. The molecule has 0 bridgehead atoms. The fourth-order valence-corrected chi connectivity index (χ4v) is 3.02. The zero-order chi connectivity index (χ0) is 14.6. The van der Waals surface area contributed by atoms with Crippen molar-refractivity contribution < 1.29 is 4.79 Å². The van der Waals surface area contributed by atoms with Crippen molar-refractivity contribution in [3.8, 4) is 0 Å². The van der Waals surface area contributed by atoms with E-state index in [9.17, 15) is 4.79 Å². The summed E-state index contributed by atoms with van der Waals surface area (Å²) in [7, 11) is -1.83. The van der Waals surface area contributed by atoms with E-state index in [1.54, 1.807) is 0 Å². The molecule has 0 N–H and O–H groups in total. The van der Waals surface area contributed by atoms with Gasteiger partial charge in [-0.05, 0) is 32.2 Å².